The third-order valence-corrected chi connectivity index (χ3v) is 5.78. The van der Waals surface area contributed by atoms with Crippen molar-refractivity contribution in [2.45, 2.75) is 36.7 Å². The van der Waals surface area contributed by atoms with Crippen LogP contribution in [0.3, 0.4) is 0 Å². The van der Waals surface area contributed by atoms with E-state index in [1.165, 1.54) is 16.9 Å². The van der Waals surface area contributed by atoms with Crippen LogP contribution < -0.4 is 4.72 Å². The summed E-state index contributed by atoms with van der Waals surface area (Å²) in [6.45, 7) is 3.93. The van der Waals surface area contributed by atoms with Gasteiger partial charge < -0.3 is 0 Å². The van der Waals surface area contributed by atoms with Crippen molar-refractivity contribution in [3.05, 3.63) is 12.3 Å². The van der Waals surface area contributed by atoms with Crippen LogP contribution in [0.4, 0.5) is 0 Å². The van der Waals surface area contributed by atoms with E-state index in [-0.39, 0.29) is 21.9 Å². The molecule has 1 aromatic rings. The van der Waals surface area contributed by atoms with E-state index in [4.69, 9.17) is 11.6 Å². The molecule has 2 unspecified atom stereocenters. The van der Waals surface area contributed by atoms with Crippen LogP contribution in [0, 0.1) is 5.41 Å². The van der Waals surface area contributed by atoms with Crippen molar-refractivity contribution in [3.63, 3.8) is 0 Å². The second-order valence-corrected chi connectivity index (χ2v) is 7.18. The van der Waals surface area contributed by atoms with Gasteiger partial charge in [-0.15, -0.1) is 11.6 Å². The molecule has 0 spiro atoms. The number of halogens is 1. The fourth-order valence-electron chi connectivity index (χ4n) is 1.95. The number of nitrogens with zero attached hydrogens (tertiary/aromatic N) is 2. The minimum absolute atomic E-state index is 0.0155. The van der Waals surface area contributed by atoms with Crippen LogP contribution in [0.1, 0.15) is 20.3 Å². The largest absolute Gasteiger partial charge is 0.257 e. The maximum absolute atomic E-state index is 12.1. The molecule has 1 aliphatic rings. The first kappa shape index (κ1) is 12.9. The van der Waals surface area contributed by atoms with Crippen molar-refractivity contribution in [3.8, 4) is 0 Å². The Labute approximate surface area is 106 Å². The Morgan fingerprint density at radius 3 is 2.65 bits per heavy atom. The molecule has 0 bridgehead atoms. The maximum Gasteiger partial charge on any atom is 0.257 e. The lowest BCUT2D eigenvalue weighted by Crippen LogP contribution is -2.59. The Kier molecular flexibility index (Phi) is 3.00. The van der Waals surface area contributed by atoms with E-state index < -0.39 is 10.0 Å². The van der Waals surface area contributed by atoms with Gasteiger partial charge in [0.25, 0.3) is 10.0 Å². The standard InChI is InChI=1S/C10H16ClN3O2S/c1-10(2)7(11)6-8(10)13-17(15,16)9-4-5-12-14(9)3/h4-5,7-8,13H,6H2,1-3H3. The Morgan fingerprint density at radius 1 is 1.59 bits per heavy atom. The number of alkyl halides is 1. The van der Waals surface area contributed by atoms with Crippen molar-refractivity contribution in [2.75, 3.05) is 0 Å². The summed E-state index contributed by atoms with van der Waals surface area (Å²) in [5.41, 5.74) is -0.215. The number of rotatable bonds is 3. The molecule has 0 amide bonds. The van der Waals surface area contributed by atoms with Gasteiger partial charge in [0.1, 0.15) is 0 Å². The summed E-state index contributed by atoms with van der Waals surface area (Å²) in [7, 11) is -1.91. The van der Waals surface area contributed by atoms with Gasteiger partial charge in [-0.25, -0.2) is 13.1 Å². The Hall–Kier alpha value is -0.590. The second kappa shape index (κ2) is 3.96. The average Bonchev–Trinajstić information content (AvgIpc) is 2.64. The topological polar surface area (TPSA) is 64.0 Å². The predicted octanol–water partition coefficient (Wildman–Crippen LogP) is 1.10. The quantitative estimate of drug-likeness (QED) is 0.842. The molecular formula is C10H16ClN3O2S. The number of sulfonamides is 1. The molecule has 1 aromatic heterocycles. The Balaban J connectivity index is 2.18. The van der Waals surface area contributed by atoms with Gasteiger partial charge in [-0.3, -0.25) is 4.68 Å². The molecule has 5 nitrogen and oxygen atoms in total. The van der Waals surface area contributed by atoms with E-state index in [0.29, 0.717) is 6.42 Å². The van der Waals surface area contributed by atoms with Crippen LogP contribution >= 0.6 is 11.6 Å². The zero-order chi connectivity index (χ0) is 12.8. The van der Waals surface area contributed by atoms with Crippen molar-refractivity contribution in [1.82, 2.24) is 14.5 Å². The van der Waals surface area contributed by atoms with Crippen molar-refractivity contribution < 1.29 is 8.42 Å². The number of nitrogens with one attached hydrogen (secondary N) is 1. The van der Waals surface area contributed by atoms with Gasteiger partial charge in [0.05, 0.1) is 6.20 Å². The smallest absolute Gasteiger partial charge is 0.256 e. The van der Waals surface area contributed by atoms with E-state index >= 15 is 0 Å². The molecule has 1 saturated carbocycles. The predicted molar refractivity (Wildman–Crippen MR) is 65.4 cm³/mol. The van der Waals surface area contributed by atoms with Gasteiger partial charge in [-0.05, 0) is 17.9 Å². The summed E-state index contributed by atoms with van der Waals surface area (Å²) in [5.74, 6) is 0. The lowest BCUT2D eigenvalue weighted by molar-refractivity contribution is 0.137. The van der Waals surface area contributed by atoms with Crippen molar-refractivity contribution in [1.29, 1.82) is 0 Å². The summed E-state index contributed by atoms with van der Waals surface area (Å²) in [6, 6.07) is 1.36. The molecule has 17 heavy (non-hydrogen) atoms. The Morgan fingerprint density at radius 2 is 2.24 bits per heavy atom. The molecule has 7 heteroatoms. The SMILES string of the molecule is Cn1nccc1S(=O)(=O)NC1CC(Cl)C1(C)C. The van der Waals surface area contributed by atoms with Gasteiger partial charge >= 0.3 is 0 Å². The highest BCUT2D eigenvalue weighted by Crippen LogP contribution is 2.44. The molecule has 0 saturated heterocycles. The summed E-state index contributed by atoms with van der Waals surface area (Å²) >= 11 is 6.07. The van der Waals surface area contributed by atoms with E-state index in [1.807, 2.05) is 13.8 Å². The average molecular weight is 278 g/mol. The molecule has 96 valence electrons. The summed E-state index contributed by atoms with van der Waals surface area (Å²) in [5, 5.41) is 4.04. The number of aryl methyl sites for hydroxylation is 1. The number of hydrogen-bond donors (Lipinski definition) is 1. The molecular weight excluding hydrogens is 262 g/mol. The van der Waals surface area contributed by atoms with Gasteiger partial charge in [0, 0.05) is 18.5 Å². The first-order valence-corrected chi connectivity index (χ1v) is 7.31. The highest BCUT2D eigenvalue weighted by Gasteiger charge is 2.49. The lowest BCUT2D eigenvalue weighted by Gasteiger charge is -2.48. The molecule has 1 fully saturated rings. The van der Waals surface area contributed by atoms with Gasteiger partial charge in [0.15, 0.2) is 5.03 Å². The first-order valence-electron chi connectivity index (χ1n) is 5.39. The number of hydrogen-bond acceptors (Lipinski definition) is 3. The van der Waals surface area contributed by atoms with Crippen LogP contribution in [0.25, 0.3) is 0 Å². The minimum atomic E-state index is -3.51. The Bertz CT molecular complexity index is 523. The monoisotopic (exact) mass is 277 g/mol. The number of aromatic nitrogens is 2. The third-order valence-electron chi connectivity index (χ3n) is 3.50. The summed E-state index contributed by atoms with van der Waals surface area (Å²) in [4.78, 5) is 0. The molecule has 1 aliphatic carbocycles. The van der Waals surface area contributed by atoms with E-state index in [0.717, 1.165) is 0 Å². The van der Waals surface area contributed by atoms with Gasteiger partial charge in [-0.1, -0.05) is 13.8 Å². The second-order valence-electron chi connectivity index (χ2n) is 4.99. The van der Waals surface area contributed by atoms with E-state index in [2.05, 4.69) is 9.82 Å². The fourth-order valence-corrected chi connectivity index (χ4v) is 3.81. The van der Waals surface area contributed by atoms with Gasteiger partial charge in [-0.2, -0.15) is 5.10 Å². The molecule has 2 atom stereocenters. The van der Waals surface area contributed by atoms with Crippen LogP contribution in [-0.2, 0) is 17.1 Å². The lowest BCUT2D eigenvalue weighted by atomic mass is 9.67. The fraction of sp³-hybridized carbons (Fsp3) is 0.700. The zero-order valence-electron chi connectivity index (χ0n) is 10.0. The van der Waals surface area contributed by atoms with Gasteiger partial charge in [0.2, 0.25) is 0 Å². The van der Waals surface area contributed by atoms with E-state index in [9.17, 15) is 8.42 Å². The summed E-state index contributed by atoms with van der Waals surface area (Å²) < 4.78 is 28.2. The summed E-state index contributed by atoms with van der Waals surface area (Å²) in [6.07, 6.45) is 2.12. The third kappa shape index (κ3) is 2.09. The normalized spacial score (nSPS) is 27.8. The maximum atomic E-state index is 12.1. The molecule has 2 rings (SSSR count). The minimum Gasteiger partial charge on any atom is -0.256 e. The molecule has 0 aromatic carbocycles. The van der Waals surface area contributed by atoms with Crippen LogP contribution in [0.5, 0.6) is 0 Å². The van der Waals surface area contributed by atoms with E-state index in [1.54, 1.807) is 7.05 Å². The van der Waals surface area contributed by atoms with Crippen molar-refractivity contribution in [2.24, 2.45) is 12.5 Å². The van der Waals surface area contributed by atoms with Crippen LogP contribution in [0.15, 0.2) is 17.3 Å². The molecule has 0 aliphatic heterocycles. The highest BCUT2D eigenvalue weighted by molar-refractivity contribution is 7.89. The molecule has 1 heterocycles. The highest BCUT2D eigenvalue weighted by atomic mass is 35.5. The van der Waals surface area contributed by atoms with Crippen molar-refractivity contribution >= 4 is 21.6 Å². The molecule has 1 N–H and O–H groups in total. The van der Waals surface area contributed by atoms with Crippen LogP contribution in [0.2, 0.25) is 0 Å². The molecule has 0 radical (unpaired) electrons. The zero-order valence-corrected chi connectivity index (χ0v) is 11.6. The van der Waals surface area contributed by atoms with Crippen LogP contribution in [-0.4, -0.2) is 29.6 Å². The first-order chi connectivity index (χ1) is 7.75.